The number of pyridine rings is 1. The maximum atomic E-state index is 10.3. The third-order valence-corrected chi connectivity index (χ3v) is 3.05. The summed E-state index contributed by atoms with van der Waals surface area (Å²) in [5, 5.41) is 10.8. The second-order valence-electron chi connectivity index (χ2n) is 4.03. The van der Waals surface area contributed by atoms with Gasteiger partial charge in [-0.15, -0.1) is 0 Å². The molecular weight excluding hydrogens is 250 g/mol. The Kier molecular flexibility index (Phi) is 3.84. The lowest BCUT2D eigenvalue weighted by atomic mass is 10.0. The second-order valence-corrected chi connectivity index (χ2v) is 4.44. The van der Waals surface area contributed by atoms with E-state index in [0.29, 0.717) is 10.8 Å². The molecule has 18 heavy (non-hydrogen) atoms. The SMILES string of the molecule is COc1cc(C(O)c2ccc(C)nc2)ccc1Cl. The van der Waals surface area contributed by atoms with Gasteiger partial charge in [-0.3, -0.25) is 4.98 Å². The molecule has 0 aliphatic heterocycles. The van der Waals surface area contributed by atoms with E-state index in [1.54, 1.807) is 31.5 Å². The van der Waals surface area contributed by atoms with Crippen molar-refractivity contribution in [2.45, 2.75) is 13.0 Å². The molecule has 0 fully saturated rings. The Morgan fingerprint density at radius 2 is 1.94 bits per heavy atom. The number of aromatic nitrogens is 1. The van der Waals surface area contributed by atoms with E-state index in [4.69, 9.17) is 16.3 Å². The van der Waals surface area contributed by atoms with Crippen LogP contribution >= 0.6 is 11.6 Å². The molecule has 1 aromatic carbocycles. The van der Waals surface area contributed by atoms with Crippen molar-refractivity contribution in [2.75, 3.05) is 7.11 Å². The van der Waals surface area contributed by atoms with Crippen LogP contribution in [0.4, 0.5) is 0 Å². The van der Waals surface area contributed by atoms with Crippen molar-refractivity contribution in [3.63, 3.8) is 0 Å². The molecule has 0 amide bonds. The first-order valence-electron chi connectivity index (χ1n) is 5.56. The predicted molar refractivity (Wildman–Crippen MR) is 71.0 cm³/mol. The zero-order valence-corrected chi connectivity index (χ0v) is 11.0. The number of methoxy groups -OCH3 is 1. The highest BCUT2D eigenvalue weighted by molar-refractivity contribution is 6.32. The van der Waals surface area contributed by atoms with Crippen molar-refractivity contribution in [2.24, 2.45) is 0 Å². The molecule has 1 aromatic heterocycles. The molecule has 0 bridgehead atoms. The van der Waals surface area contributed by atoms with Crippen molar-refractivity contribution < 1.29 is 9.84 Å². The van der Waals surface area contributed by atoms with Crippen LogP contribution in [0, 0.1) is 6.92 Å². The molecule has 0 saturated carbocycles. The maximum Gasteiger partial charge on any atom is 0.137 e. The topological polar surface area (TPSA) is 42.4 Å². The highest BCUT2D eigenvalue weighted by atomic mass is 35.5. The van der Waals surface area contributed by atoms with E-state index in [1.807, 2.05) is 19.1 Å². The van der Waals surface area contributed by atoms with Gasteiger partial charge in [0.2, 0.25) is 0 Å². The summed E-state index contributed by atoms with van der Waals surface area (Å²) in [7, 11) is 1.55. The summed E-state index contributed by atoms with van der Waals surface area (Å²) in [4.78, 5) is 4.17. The Morgan fingerprint density at radius 3 is 2.56 bits per heavy atom. The molecule has 2 rings (SSSR count). The van der Waals surface area contributed by atoms with Crippen LogP contribution < -0.4 is 4.74 Å². The van der Waals surface area contributed by atoms with E-state index in [0.717, 1.165) is 16.8 Å². The third-order valence-electron chi connectivity index (χ3n) is 2.74. The number of nitrogens with zero attached hydrogens (tertiary/aromatic N) is 1. The minimum absolute atomic E-state index is 0.524. The van der Waals surface area contributed by atoms with Crippen LogP contribution in [0.5, 0.6) is 5.75 Å². The number of rotatable bonds is 3. The fraction of sp³-hybridized carbons (Fsp3) is 0.214. The number of hydrogen-bond donors (Lipinski definition) is 1. The number of hydrogen-bond acceptors (Lipinski definition) is 3. The second kappa shape index (κ2) is 5.38. The number of benzene rings is 1. The lowest BCUT2D eigenvalue weighted by Crippen LogP contribution is -2.01. The molecule has 2 aromatic rings. The summed E-state index contributed by atoms with van der Waals surface area (Å²) in [5.41, 5.74) is 2.38. The van der Waals surface area contributed by atoms with Crippen LogP contribution in [0.2, 0.25) is 5.02 Å². The number of aryl methyl sites for hydroxylation is 1. The summed E-state index contributed by atoms with van der Waals surface area (Å²) in [6.07, 6.45) is 0.936. The largest absolute Gasteiger partial charge is 0.495 e. The van der Waals surface area contributed by atoms with Crippen LogP contribution in [0.1, 0.15) is 22.9 Å². The Labute approximate surface area is 111 Å². The molecule has 1 heterocycles. The highest BCUT2D eigenvalue weighted by Crippen LogP contribution is 2.30. The molecule has 4 heteroatoms. The van der Waals surface area contributed by atoms with Crippen LogP contribution in [0.15, 0.2) is 36.5 Å². The first-order valence-corrected chi connectivity index (χ1v) is 5.93. The minimum Gasteiger partial charge on any atom is -0.495 e. The molecule has 1 atom stereocenters. The number of aliphatic hydroxyl groups excluding tert-OH is 1. The van der Waals surface area contributed by atoms with Gasteiger partial charge >= 0.3 is 0 Å². The molecule has 1 N–H and O–H groups in total. The van der Waals surface area contributed by atoms with Gasteiger partial charge in [0.25, 0.3) is 0 Å². The van der Waals surface area contributed by atoms with E-state index in [-0.39, 0.29) is 0 Å². The smallest absolute Gasteiger partial charge is 0.137 e. The number of aliphatic hydroxyl groups is 1. The highest BCUT2D eigenvalue weighted by Gasteiger charge is 2.12. The van der Waals surface area contributed by atoms with E-state index >= 15 is 0 Å². The quantitative estimate of drug-likeness (QED) is 0.925. The molecule has 3 nitrogen and oxygen atoms in total. The zero-order valence-electron chi connectivity index (χ0n) is 10.2. The summed E-state index contributed by atoms with van der Waals surface area (Å²) in [5.74, 6) is 0.549. The molecule has 94 valence electrons. The summed E-state index contributed by atoms with van der Waals surface area (Å²) in [6.45, 7) is 1.90. The summed E-state index contributed by atoms with van der Waals surface area (Å²) >= 11 is 5.95. The fourth-order valence-corrected chi connectivity index (χ4v) is 1.87. The van der Waals surface area contributed by atoms with Crippen molar-refractivity contribution in [3.05, 3.63) is 58.4 Å². The Bertz CT molecular complexity index is 540. The third kappa shape index (κ3) is 2.63. The maximum absolute atomic E-state index is 10.3. The van der Waals surface area contributed by atoms with Crippen molar-refractivity contribution >= 4 is 11.6 Å². The van der Waals surface area contributed by atoms with Crippen molar-refractivity contribution in [1.29, 1.82) is 0 Å². The van der Waals surface area contributed by atoms with E-state index in [2.05, 4.69) is 4.98 Å². The summed E-state index contributed by atoms with van der Waals surface area (Å²) < 4.78 is 5.13. The lowest BCUT2D eigenvalue weighted by molar-refractivity contribution is 0.219. The molecule has 0 radical (unpaired) electrons. The first kappa shape index (κ1) is 12.9. The fourth-order valence-electron chi connectivity index (χ4n) is 1.68. The summed E-state index contributed by atoms with van der Waals surface area (Å²) in [6, 6.07) is 8.93. The Balaban J connectivity index is 2.33. The van der Waals surface area contributed by atoms with Crippen LogP contribution in [-0.4, -0.2) is 17.2 Å². The Hall–Kier alpha value is -1.58. The van der Waals surface area contributed by atoms with Crippen molar-refractivity contribution in [3.8, 4) is 5.75 Å². The average molecular weight is 264 g/mol. The molecular formula is C14H14ClNO2. The van der Waals surface area contributed by atoms with Crippen LogP contribution in [0.3, 0.4) is 0 Å². The van der Waals surface area contributed by atoms with Gasteiger partial charge in [-0.05, 0) is 30.7 Å². The van der Waals surface area contributed by atoms with Crippen molar-refractivity contribution in [1.82, 2.24) is 4.98 Å². The molecule has 0 aliphatic rings. The van der Waals surface area contributed by atoms with Gasteiger partial charge < -0.3 is 9.84 Å². The monoisotopic (exact) mass is 263 g/mol. The van der Waals surface area contributed by atoms with Gasteiger partial charge in [0, 0.05) is 17.5 Å². The number of ether oxygens (including phenoxy) is 1. The van der Waals surface area contributed by atoms with Gasteiger partial charge in [-0.25, -0.2) is 0 Å². The van der Waals surface area contributed by atoms with E-state index < -0.39 is 6.10 Å². The van der Waals surface area contributed by atoms with Gasteiger partial charge in [0.15, 0.2) is 0 Å². The molecule has 0 spiro atoms. The molecule has 0 aliphatic carbocycles. The van der Waals surface area contributed by atoms with E-state index in [1.165, 1.54) is 0 Å². The van der Waals surface area contributed by atoms with Gasteiger partial charge in [-0.1, -0.05) is 23.7 Å². The molecule has 0 saturated heterocycles. The first-order chi connectivity index (χ1) is 8.61. The van der Waals surface area contributed by atoms with Gasteiger partial charge in [-0.2, -0.15) is 0 Å². The van der Waals surface area contributed by atoms with E-state index in [9.17, 15) is 5.11 Å². The number of halogens is 1. The Morgan fingerprint density at radius 1 is 1.22 bits per heavy atom. The zero-order chi connectivity index (χ0) is 13.1. The van der Waals surface area contributed by atoms with Gasteiger partial charge in [0.1, 0.15) is 11.9 Å². The minimum atomic E-state index is -0.732. The normalized spacial score (nSPS) is 12.2. The standard InChI is InChI=1S/C14H14ClNO2/c1-9-3-4-11(8-16-9)14(17)10-5-6-12(15)13(7-10)18-2/h3-8,14,17H,1-2H3. The molecule has 1 unspecified atom stereocenters. The lowest BCUT2D eigenvalue weighted by Gasteiger charge is -2.13. The van der Waals surface area contributed by atoms with Crippen LogP contribution in [-0.2, 0) is 0 Å². The average Bonchev–Trinajstić information content (AvgIpc) is 2.39. The van der Waals surface area contributed by atoms with Crippen LogP contribution in [0.25, 0.3) is 0 Å². The van der Waals surface area contributed by atoms with Gasteiger partial charge in [0.05, 0.1) is 12.1 Å². The predicted octanol–water partition coefficient (Wildman–Crippen LogP) is 3.13.